The smallest absolute Gasteiger partial charge is 0.171 e. The van der Waals surface area contributed by atoms with Gasteiger partial charge < -0.3 is 19.5 Å². The molecule has 0 aromatic rings. The molecule has 2 saturated carbocycles. The van der Waals surface area contributed by atoms with Gasteiger partial charge >= 0.3 is 0 Å². The lowest BCUT2D eigenvalue weighted by atomic mass is 9.55. The number of ether oxygens (including phenoxy) is 3. The molecule has 2 aliphatic carbocycles. The molecule has 0 aliphatic heterocycles. The van der Waals surface area contributed by atoms with Crippen molar-refractivity contribution in [2.24, 2.45) is 5.41 Å². The summed E-state index contributed by atoms with van der Waals surface area (Å²) in [5.74, 6) is 0. The lowest BCUT2D eigenvalue weighted by Crippen LogP contribution is -2.66. The van der Waals surface area contributed by atoms with Crippen molar-refractivity contribution >= 4 is 0 Å². The first-order chi connectivity index (χ1) is 9.67. The Labute approximate surface area is 123 Å². The van der Waals surface area contributed by atoms with Gasteiger partial charge in [-0.2, -0.15) is 0 Å². The number of hydrogen-bond donors (Lipinski definition) is 1. The minimum absolute atomic E-state index is 0.179. The van der Waals surface area contributed by atoms with Gasteiger partial charge in [0.25, 0.3) is 0 Å². The molecular weight excluding hydrogens is 254 g/mol. The molecule has 0 saturated heterocycles. The van der Waals surface area contributed by atoms with Gasteiger partial charge in [0.15, 0.2) is 6.29 Å². The Morgan fingerprint density at radius 1 is 1.15 bits per heavy atom. The zero-order valence-electron chi connectivity index (χ0n) is 13.5. The predicted octanol–water partition coefficient (Wildman–Crippen LogP) is 2.71. The SMILES string of the molecule is CCOC1CC(NC(C)C(OC)OC)C12CCCCC2. The molecule has 2 aliphatic rings. The fourth-order valence-corrected chi connectivity index (χ4v) is 4.20. The summed E-state index contributed by atoms with van der Waals surface area (Å²) in [5.41, 5.74) is 0.356. The molecule has 3 atom stereocenters. The Morgan fingerprint density at radius 2 is 1.80 bits per heavy atom. The van der Waals surface area contributed by atoms with Crippen LogP contribution in [0.15, 0.2) is 0 Å². The monoisotopic (exact) mass is 285 g/mol. The lowest BCUT2D eigenvalue weighted by Gasteiger charge is -2.58. The second-order valence-electron chi connectivity index (χ2n) is 6.32. The second-order valence-corrected chi connectivity index (χ2v) is 6.32. The molecule has 4 heteroatoms. The molecule has 2 fully saturated rings. The number of hydrogen-bond acceptors (Lipinski definition) is 4. The van der Waals surface area contributed by atoms with Crippen molar-refractivity contribution in [1.29, 1.82) is 0 Å². The highest BCUT2D eigenvalue weighted by atomic mass is 16.7. The molecule has 0 aromatic heterocycles. The Hall–Kier alpha value is -0.160. The van der Waals surface area contributed by atoms with Gasteiger partial charge in [-0.05, 0) is 33.1 Å². The van der Waals surface area contributed by atoms with Crippen LogP contribution >= 0.6 is 0 Å². The average Bonchev–Trinajstić information content (AvgIpc) is 2.48. The van der Waals surface area contributed by atoms with Crippen LogP contribution in [0.4, 0.5) is 0 Å². The van der Waals surface area contributed by atoms with Crippen molar-refractivity contribution < 1.29 is 14.2 Å². The first-order valence-electron chi connectivity index (χ1n) is 8.11. The van der Waals surface area contributed by atoms with Gasteiger partial charge in [-0.25, -0.2) is 0 Å². The van der Waals surface area contributed by atoms with E-state index in [4.69, 9.17) is 14.2 Å². The molecule has 2 rings (SSSR count). The Bertz CT molecular complexity index is 287. The molecule has 0 heterocycles. The van der Waals surface area contributed by atoms with E-state index in [2.05, 4.69) is 19.2 Å². The highest BCUT2D eigenvalue weighted by molar-refractivity contribution is 5.09. The van der Waals surface area contributed by atoms with Crippen LogP contribution in [0.5, 0.6) is 0 Å². The molecule has 0 bridgehead atoms. The molecule has 3 unspecified atom stereocenters. The Kier molecular flexibility index (Phi) is 5.84. The topological polar surface area (TPSA) is 39.7 Å². The molecular formula is C16H31NO3. The van der Waals surface area contributed by atoms with Gasteiger partial charge in [-0.1, -0.05) is 19.3 Å². The van der Waals surface area contributed by atoms with Gasteiger partial charge in [0, 0.05) is 32.3 Å². The quantitative estimate of drug-likeness (QED) is 0.730. The van der Waals surface area contributed by atoms with Crippen LogP contribution in [0.1, 0.15) is 52.4 Å². The third-order valence-electron chi connectivity index (χ3n) is 5.27. The van der Waals surface area contributed by atoms with E-state index in [-0.39, 0.29) is 12.3 Å². The van der Waals surface area contributed by atoms with Crippen LogP contribution in [-0.2, 0) is 14.2 Å². The van der Waals surface area contributed by atoms with Crippen molar-refractivity contribution in [3.05, 3.63) is 0 Å². The zero-order chi connectivity index (χ0) is 14.6. The molecule has 1 N–H and O–H groups in total. The largest absolute Gasteiger partial charge is 0.378 e. The van der Waals surface area contributed by atoms with Gasteiger partial charge in [-0.3, -0.25) is 0 Å². The van der Waals surface area contributed by atoms with Crippen LogP contribution < -0.4 is 5.32 Å². The summed E-state index contributed by atoms with van der Waals surface area (Å²) in [4.78, 5) is 0. The van der Waals surface area contributed by atoms with Gasteiger partial charge in [-0.15, -0.1) is 0 Å². The molecule has 0 radical (unpaired) electrons. The fraction of sp³-hybridized carbons (Fsp3) is 1.00. The first-order valence-corrected chi connectivity index (χ1v) is 8.11. The molecule has 0 aromatic carbocycles. The van der Waals surface area contributed by atoms with Gasteiger partial charge in [0.1, 0.15) is 0 Å². The fourth-order valence-electron chi connectivity index (χ4n) is 4.20. The summed E-state index contributed by atoms with van der Waals surface area (Å²) in [6, 6.07) is 0.749. The van der Waals surface area contributed by atoms with Crippen molar-refractivity contribution in [3.63, 3.8) is 0 Å². The van der Waals surface area contributed by atoms with Crippen molar-refractivity contribution in [2.45, 2.75) is 76.9 Å². The summed E-state index contributed by atoms with van der Waals surface area (Å²) in [6.07, 6.45) is 8.05. The highest BCUT2D eigenvalue weighted by Gasteiger charge is 2.55. The van der Waals surface area contributed by atoms with Crippen LogP contribution in [-0.4, -0.2) is 45.3 Å². The normalized spacial score (nSPS) is 30.4. The maximum Gasteiger partial charge on any atom is 0.171 e. The van der Waals surface area contributed by atoms with Crippen LogP contribution in [0.2, 0.25) is 0 Å². The number of rotatable bonds is 7. The Balaban J connectivity index is 1.97. The molecule has 0 amide bonds. The van der Waals surface area contributed by atoms with Gasteiger partial charge in [0.2, 0.25) is 0 Å². The molecule has 118 valence electrons. The minimum atomic E-state index is -0.179. The molecule has 1 spiro atoms. The van der Waals surface area contributed by atoms with Crippen LogP contribution in [0, 0.1) is 5.41 Å². The highest BCUT2D eigenvalue weighted by Crippen LogP contribution is 2.53. The lowest BCUT2D eigenvalue weighted by molar-refractivity contribution is -0.168. The maximum absolute atomic E-state index is 5.99. The van der Waals surface area contributed by atoms with E-state index in [9.17, 15) is 0 Å². The zero-order valence-corrected chi connectivity index (χ0v) is 13.5. The van der Waals surface area contributed by atoms with E-state index in [0.717, 1.165) is 13.0 Å². The van der Waals surface area contributed by atoms with Crippen LogP contribution in [0.25, 0.3) is 0 Å². The maximum atomic E-state index is 5.99. The third-order valence-corrected chi connectivity index (χ3v) is 5.27. The summed E-state index contributed by atoms with van der Waals surface area (Å²) < 4.78 is 16.7. The van der Waals surface area contributed by atoms with Crippen molar-refractivity contribution in [1.82, 2.24) is 5.32 Å². The second kappa shape index (κ2) is 7.21. The van der Waals surface area contributed by atoms with E-state index in [1.54, 1.807) is 14.2 Å². The number of nitrogens with one attached hydrogen (secondary N) is 1. The van der Waals surface area contributed by atoms with Crippen molar-refractivity contribution in [3.8, 4) is 0 Å². The van der Waals surface area contributed by atoms with Gasteiger partial charge in [0.05, 0.1) is 12.1 Å². The van der Waals surface area contributed by atoms with E-state index >= 15 is 0 Å². The predicted molar refractivity (Wildman–Crippen MR) is 79.7 cm³/mol. The van der Waals surface area contributed by atoms with E-state index in [1.165, 1.54) is 32.1 Å². The van der Waals surface area contributed by atoms with E-state index < -0.39 is 0 Å². The van der Waals surface area contributed by atoms with E-state index in [1.807, 2.05) is 0 Å². The Morgan fingerprint density at radius 3 is 2.35 bits per heavy atom. The van der Waals surface area contributed by atoms with E-state index in [0.29, 0.717) is 17.6 Å². The summed E-state index contributed by atoms with van der Waals surface area (Å²) >= 11 is 0. The molecule has 4 nitrogen and oxygen atoms in total. The summed E-state index contributed by atoms with van der Waals surface area (Å²) in [5, 5.41) is 3.74. The number of methoxy groups -OCH3 is 2. The summed E-state index contributed by atoms with van der Waals surface area (Å²) in [7, 11) is 3.40. The third kappa shape index (κ3) is 3.03. The van der Waals surface area contributed by atoms with Crippen molar-refractivity contribution in [2.75, 3.05) is 20.8 Å². The molecule has 20 heavy (non-hydrogen) atoms. The standard InChI is InChI=1S/C16H31NO3/c1-5-20-14-11-13(16(14)9-7-6-8-10-16)17-12(2)15(18-3)19-4/h12-15,17H,5-11H2,1-4H3. The van der Waals surface area contributed by atoms with Crippen LogP contribution in [0.3, 0.4) is 0 Å². The first kappa shape index (κ1) is 16.2. The summed E-state index contributed by atoms with van der Waals surface area (Å²) in [6.45, 7) is 5.07. The minimum Gasteiger partial charge on any atom is -0.378 e. The average molecular weight is 285 g/mol.